The molecule has 0 spiro atoms. The van der Waals surface area contributed by atoms with E-state index >= 15 is 0 Å². The molecule has 0 bridgehead atoms. The van der Waals surface area contributed by atoms with Crippen molar-refractivity contribution in [2.45, 2.75) is 0 Å². The van der Waals surface area contributed by atoms with Gasteiger partial charge in [-0.3, -0.25) is 4.31 Å². The van der Waals surface area contributed by atoms with Gasteiger partial charge in [-0.15, -0.1) is 0 Å². The van der Waals surface area contributed by atoms with Crippen molar-refractivity contribution < 1.29 is 13.2 Å². The summed E-state index contributed by atoms with van der Waals surface area (Å²) in [6.07, 6.45) is 0. The van der Waals surface area contributed by atoms with Gasteiger partial charge in [0.25, 0.3) is 0 Å². The standard InChI is InChI=1S/C11H15N3O3S/c1-14(18(15,16)13-6-7-17-2)11-5-3-4-10(8-11)9-12/h3-5,8,13H,6-7H2,1-2H3. The van der Waals surface area contributed by atoms with Gasteiger partial charge in [-0.25, -0.2) is 0 Å². The Labute approximate surface area is 107 Å². The number of methoxy groups -OCH3 is 1. The van der Waals surface area contributed by atoms with Crippen molar-refractivity contribution in [3.05, 3.63) is 29.8 Å². The average molecular weight is 269 g/mol. The minimum absolute atomic E-state index is 0.196. The molecule has 0 aliphatic heterocycles. The zero-order valence-corrected chi connectivity index (χ0v) is 11.1. The molecule has 1 aromatic carbocycles. The first-order valence-electron chi connectivity index (χ1n) is 5.24. The fraction of sp³-hybridized carbons (Fsp3) is 0.364. The van der Waals surface area contributed by atoms with Gasteiger partial charge in [-0.2, -0.15) is 18.4 Å². The molecule has 0 atom stereocenters. The molecule has 1 N–H and O–H groups in total. The zero-order chi connectivity index (χ0) is 13.6. The van der Waals surface area contributed by atoms with E-state index in [0.717, 1.165) is 4.31 Å². The fourth-order valence-corrected chi connectivity index (χ4v) is 2.21. The lowest BCUT2D eigenvalue weighted by molar-refractivity contribution is 0.204. The number of rotatable bonds is 6. The van der Waals surface area contributed by atoms with Gasteiger partial charge in [0.05, 0.1) is 23.9 Å². The first kappa shape index (κ1) is 14.4. The van der Waals surface area contributed by atoms with E-state index in [4.69, 9.17) is 10.00 Å². The number of hydrogen-bond acceptors (Lipinski definition) is 4. The highest BCUT2D eigenvalue weighted by atomic mass is 32.2. The number of anilines is 1. The second kappa shape index (κ2) is 6.35. The molecule has 98 valence electrons. The Kier molecular flexibility index (Phi) is 5.09. The summed E-state index contributed by atoms with van der Waals surface area (Å²) in [6.45, 7) is 0.492. The first-order chi connectivity index (χ1) is 8.51. The smallest absolute Gasteiger partial charge is 0.301 e. The van der Waals surface area contributed by atoms with E-state index in [9.17, 15) is 8.42 Å². The van der Waals surface area contributed by atoms with Crippen molar-refractivity contribution in [3.8, 4) is 6.07 Å². The van der Waals surface area contributed by atoms with Gasteiger partial charge in [0.15, 0.2) is 0 Å². The zero-order valence-electron chi connectivity index (χ0n) is 10.3. The number of ether oxygens (including phenoxy) is 1. The summed E-state index contributed by atoms with van der Waals surface area (Å²) in [5.41, 5.74) is 0.838. The van der Waals surface area contributed by atoms with Crippen molar-refractivity contribution >= 4 is 15.9 Å². The van der Waals surface area contributed by atoms with E-state index in [-0.39, 0.29) is 6.54 Å². The quantitative estimate of drug-likeness (QED) is 0.761. The maximum absolute atomic E-state index is 11.9. The predicted molar refractivity (Wildman–Crippen MR) is 68.4 cm³/mol. The van der Waals surface area contributed by atoms with E-state index in [2.05, 4.69) is 4.72 Å². The molecule has 0 heterocycles. The molecule has 1 aromatic rings. The lowest BCUT2D eigenvalue weighted by Gasteiger charge is -2.19. The summed E-state index contributed by atoms with van der Waals surface area (Å²) in [6, 6.07) is 8.34. The number of benzene rings is 1. The van der Waals surface area contributed by atoms with Gasteiger partial charge in [-0.05, 0) is 18.2 Å². The van der Waals surface area contributed by atoms with Crippen molar-refractivity contribution in [2.75, 3.05) is 31.6 Å². The second-order valence-electron chi connectivity index (χ2n) is 3.52. The molecule has 0 aliphatic rings. The van der Waals surface area contributed by atoms with Gasteiger partial charge in [0, 0.05) is 20.7 Å². The molecule has 0 radical (unpaired) electrons. The van der Waals surface area contributed by atoms with Crippen molar-refractivity contribution in [2.24, 2.45) is 0 Å². The normalized spacial score (nSPS) is 10.9. The average Bonchev–Trinajstić information content (AvgIpc) is 2.38. The third-order valence-corrected chi connectivity index (χ3v) is 3.79. The Bertz CT molecular complexity index is 537. The van der Waals surface area contributed by atoms with Crippen LogP contribution in [-0.2, 0) is 14.9 Å². The Balaban J connectivity index is 2.85. The van der Waals surface area contributed by atoms with Gasteiger partial charge < -0.3 is 4.74 Å². The van der Waals surface area contributed by atoms with E-state index < -0.39 is 10.2 Å². The topological polar surface area (TPSA) is 82.4 Å². The minimum Gasteiger partial charge on any atom is -0.383 e. The molecule has 6 nitrogen and oxygen atoms in total. The Morgan fingerprint density at radius 3 is 2.83 bits per heavy atom. The molecule has 0 amide bonds. The maximum Gasteiger partial charge on any atom is 0.301 e. The number of nitrogens with one attached hydrogen (secondary N) is 1. The minimum atomic E-state index is -3.62. The van der Waals surface area contributed by atoms with Crippen LogP contribution in [-0.4, -0.2) is 35.7 Å². The summed E-state index contributed by atoms with van der Waals surface area (Å²) in [7, 11) is -0.700. The Hall–Kier alpha value is -1.62. The largest absolute Gasteiger partial charge is 0.383 e. The molecule has 0 saturated carbocycles. The lowest BCUT2D eigenvalue weighted by atomic mass is 10.2. The van der Waals surface area contributed by atoms with Crippen LogP contribution in [0.5, 0.6) is 0 Å². The lowest BCUT2D eigenvalue weighted by Crippen LogP contribution is -2.39. The number of nitrogens with zero attached hydrogens (tertiary/aromatic N) is 2. The van der Waals surface area contributed by atoms with Crippen molar-refractivity contribution in [1.82, 2.24) is 4.72 Å². The van der Waals surface area contributed by atoms with Gasteiger partial charge in [0.2, 0.25) is 0 Å². The summed E-state index contributed by atoms with van der Waals surface area (Å²) >= 11 is 0. The second-order valence-corrected chi connectivity index (χ2v) is 5.31. The molecule has 0 aromatic heterocycles. The highest BCUT2D eigenvalue weighted by molar-refractivity contribution is 7.90. The SMILES string of the molecule is COCCNS(=O)(=O)N(C)c1cccc(C#N)c1. The van der Waals surface area contributed by atoms with Gasteiger partial charge in [-0.1, -0.05) is 6.07 Å². The summed E-state index contributed by atoms with van der Waals surface area (Å²) in [4.78, 5) is 0. The van der Waals surface area contributed by atoms with Crippen LogP contribution in [0.2, 0.25) is 0 Å². The van der Waals surface area contributed by atoms with Crippen LogP contribution in [0.1, 0.15) is 5.56 Å². The highest BCUT2D eigenvalue weighted by Crippen LogP contribution is 2.16. The molecule has 18 heavy (non-hydrogen) atoms. The summed E-state index contributed by atoms with van der Waals surface area (Å²) < 4.78 is 32.0. The van der Waals surface area contributed by atoms with Crippen LogP contribution >= 0.6 is 0 Å². The number of nitriles is 1. The van der Waals surface area contributed by atoms with Crippen LogP contribution in [0, 0.1) is 11.3 Å². The molecule has 0 saturated heterocycles. The van der Waals surface area contributed by atoms with Gasteiger partial charge >= 0.3 is 10.2 Å². The fourth-order valence-electron chi connectivity index (χ4n) is 1.28. The van der Waals surface area contributed by atoms with Crippen molar-refractivity contribution in [3.63, 3.8) is 0 Å². The van der Waals surface area contributed by atoms with Crippen LogP contribution in [0.15, 0.2) is 24.3 Å². The number of hydrogen-bond donors (Lipinski definition) is 1. The Morgan fingerprint density at radius 2 is 2.22 bits per heavy atom. The molecule has 0 aliphatic carbocycles. The molecule has 7 heteroatoms. The Morgan fingerprint density at radius 1 is 1.50 bits per heavy atom. The van der Waals surface area contributed by atoms with E-state index in [1.54, 1.807) is 18.2 Å². The van der Waals surface area contributed by atoms with Crippen molar-refractivity contribution in [1.29, 1.82) is 5.26 Å². The molecular formula is C11H15N3O3S. The maximum atomic E-state index is 11.9. The monoisotopic (exact) mass is 269 g/mol. The van der Waals surface area contributed by atoms with Crippen LogP contribution in [0.4, 0.5) is 5.69 Å². The van der Waals surface area contributed by atoms with E-state index in [1.807, 2.05) is 6.07 Å². The first-order valence-corrected chi connectivity index (χ1v) is 6.68. The molecule has 0 fully saturated rings. The van der Waals surface area contributed by atoms with E-state index in [0.29, 0.717) is 17.9 Å². The summed E-state index contributed by atoms with van der Waals surface area (Å²) in [5, 5.41) is 8.77. The predicted octanol–water partition coefficient (Wildman–Crippen LogP) is 0.475. The molecule has 1 rings (SSSR count). The van der Waals surface area contributed by atoms with Crippen LogP contribution in [0.25, 0.3) is 0 Å². The third kappa shape index (κ3) is 3.70. The highest BCUT2D eigenvalue weighted by Gasteiger charge is 2.17. The van der Waals surface area contributed by atoms with Crippen LogP contribution < -0.4 is 9.03 Å². The molecule has 0 unspecified atom stereocenters. The van der Waals surface area contributed by atoms with Crippen LogP contribution in [0.3, 0.4) is 0 Å². The summed E-state index contributed by atoms with van der Waals surface area (Å²) in [5.74, 6) is 0. The molecular weight excluding hydrogens is 254 g/mol. The van der Waals surface area contributed by atoms with Gasteiger partial charge in [0.1, 0.15) is 0 Å². The van der Waals surface area contributed by atoms with E-state index in [1.165, 1.54) is 20.2 Å². The third-order valence-electron chi connectivity index (χ3n) is 2.29.